The second kappa shape index (κ2) is 7.55. The van der Waals surface area contributed by atoms with Gasteiger partial charge in [-0.15, -0.1) is 0 Å². The van der Waals surface area contributed by atoms with Crippen molar-refractivity contribution >= 4 is 12.6 Å². The highest BCUT2D eigenvalue weighted by atomic mass is 16.5. The van der Waals surface area contributed by atoms with Gasteiger partial charge in [-0.25, -0.2) is 0 Å². The first-order valence-electron chi connectivity index (χ1n) is 7.37. The molecule has 4 nitrogen and oxygen atoms in total. The fourth-order valence-corrected chi connectivity index (χ4v) is 2.80. The molecule has 0 aromatic heterocycles. The van der Waals surface area contributed by atoms with Gasteiger partial charge in [0.1, 0.15) is 11.5 Å². The minimum Gasteiger partial charge on any atom is -0.497 e. The lowest BCUT2D eigenvalue weighted by molar-refractivity contribution is 0.246. The largest absolute Gasteiger partial charge is 0.497 e. The summed E-state index contributed by atoms with van der Waals surface area (Å²) in [5.74, 6) is 1.87. The minimum absolute atomic E-state index is 0.355. The van der Waals surface area contributed by atoms with Gasteiger partial charge in [0, 0.05) is 5.46 Å². The highest BCUT2D eigenvalue weighted by Crippen LogP contribution is 2.26. The molecule has 0 amide bonds. The number of benzene rings is 1. The summed E-state index contributed by atoms with van der Waals surface area (Å²) >= 11 is 0. The molecule has 1 aliphatic carbocycles. The molecule has 5 heteroatoms. The Morgan fingerprint density at radius 3 is 2.60 bits per heavy atom. The van der Waals surface area contributed by atoms with Gasteiger partial charge in [-0.1, -0.05) is 32.1 Å². The molecule has 0 unspecified atom stereocenters. The SMILES string of the molecule is COc1ccc(OCCC2CCCCC2)c(B(O)O)c1. The average Bonchev–Trinajstić information content (AvgIpc) is 2.48. The summed E-state index contributed by atoms with van der Waals surface area (Å²) in [6, 6.07) is 5.09. The molecule has 0 bridgehead atoms. The predicted octanol–water partition coefficient (Wildman–Crippen LogP) is 1.72. The van der Waals surface area contributed by atoms with Crippen LogP contribution in [0.25, 0.3) is 0 Å². The van der Waals surface area contributed by atoms with Crippen LogP contribution in [-0.4, -0.2) is 30.9 Å². The number of rotatable bonds is 6. The molecule has 0 saturated heterocycles. The van der Waals surface area contributed by atoms with Crippen molar-refractivity contribution in [3.05, 3.63) is 18.2 Å². The Balaban J connectivity index is 1.91. The fourth-order valence-electron chi connectivity index (χ4n) is 2.80. The highest BCUT2D eigenvalue weighted by molar-refractivity contribution is 6.59. The van der Waals surface area contributed by atoms with Crippen LogP contribution < -0.4 is 14.9 Å². The number of hydrogen-bond acceptors (Lipinski definition) is 4. The van der Waals surface area contributed by atoms with Crippen LogP contribution >= 0.6 is 0 Å². The molecule has 1 aromatic rings. The Kier molecular flexibility index (Phi) is 5.74. The molecule has 110 valence electrons. The van der Waals surface area contributed by atoms with Crippen LogP contribution in [0, 0.1) is 5.92 Å². The molecule has 1 saturated carbocycles. The highest BCUT2D eigenvalue weighted by Gasteiger charge is 2.19. The quantitative estimate of drug-likeness (QED) is 0.778. The second-order valence-corrected chi connectivity index (χ2v) is 5.42. The Morgan fingerprint density at radius 1 is 1.20 bits per heavy atom. The third-order valence-corrected chi connectivity index (χ3v) is 4.00. The maximum atomic E-state index is 9.39. The molecule has 0 heterocycles. The van der Waals surface area contributed by atoms with Crippen molar-refractivity contribution in [1.82, 2.24) is 0 Å². The lowest BCUT2D eigenvalue weighted by Crippen LogP contribution is -2.31. The van der Waals surface area contributed by atoms with Crippen molar-refractivity contribution in [3.63, 3.8) is 0 Å². The average molecular weight is 278 g/mol. The van der Waals surface area contributed by atoms with E-state index in [1.807, 2.05) is 0 Å². The van der Waals surface area contributed by atoms with Crippen molar-refractivity contribution in [2.24, 2.45) is 5.92 Å². The summed E-state index contributed by atoms with van der Waals surface area (Å²) in [6.07, 6.45) is 7.63. The zero-order chi connectivity index (χ0) is 14.4. The summed E-state index contributed by atoms with van der Waals surface area (Å²) in [5.41, 5.74) is 0.355. The van der Waals surface area contributed by atoms with E-state index in [0.717, 1.165) is 12.3 Å². The van der Waals surface area contributed by atoms with Crippen molar-refractivity contribution in [1.29, 1.82) is 0 Å². The van der Waals surface area contributed by atoms with Gasteiger partial charge in [0.2, 0.25) is 0 Å². The maximum Gasteiger partial charge on any atom is 0.492 e. The van der Waals surface area contributed by atoms with E-state index in [2.05, 4.69) is 0 Å². The maximum absolute atomic E-state index is 9.39. The van der Waals surface area contributed by atoms with Gasteiger partial charge in [-0.05, 0) is 30.5 Å². The Hall–Kier alpha value is -1.20. The summed E-state index contributed by atoms with van der Waals surface area (Å²) < 4.78 is 10.8. The molecule has 20 heavy (non-hydrogen) atoms. The van der Waals surface area contributed by atoms with Crippen LogP contribution in [0.3, 0.4) is 0 Å². The van der Waals surface area contributed by atoms with Gasteiger partial charge in [0.15, 0.2) is 0 Å². The monoisotopic (exact) mass is 278 g/mol. The van der Waals surface area contributed by atoms with Crippen LogP contribution in [0.5, 0.6) is 11.5 Å². The van der Waals surface area contributed by atoms with E-state index in [9.17, 15) is 10.0 Å². The van der Waals surface area contributed by atoms with Crippen molar-refractivity contribution in [2.45, 2.75) is 38.5 Å². The molecule has 0 spiro atoms. The molecule has 1 fully saturated rings. The standard InChI is InChI=1S/C15H23BO4/c1-19-13-7-8-15(14(11-13)16(17)18)20-10-9-12-5-3-2-4-6-12/h7-8,11-12,17-18H,2-6,9-10H2,1H3. The fraction of sp³-hybridized carbons (Fsp3) is 0.600. The normalized spacial score (nSPS) is 15.9. The molecule has 0 radical (unpaired) electrons. The third kappa shape index (κ3) is 4.15. The molecule has 1 aromatic carbocycles. The Bertz CT molecular complexity index is 416. The number of hydrogen-bond donors (Lipinski definition) is 2. The summed E-state index contributed by atoms with van der Waals surface area (Å²) in [5, 5.41) is 18.8. The smallest absolute Gasteiger partial charge is 0.492 e. The van der Waals surface area contributed by atoms with E-state index in [4.69, 9.17) is 9.47 Å². The molecule has 0 aliphatic heterocycles. The van der Waals surface area contributed by atoms with E-state index in [0.29, 0.717) is 23.6 Å². The first kappa shape index (κ1) is 15.2. The van der Waals surface area contributed by atoms with E-state index in [1.54, 1.807) is 25.3 Å². The summed E-state index contributed by atoms with van der Waals surface area (Å²) in [4.78, 5) is 0. The zero-order valence-corrected chi connectivity index (χ0v) is 12.0. The van der Waals surface area contributed by atoms with Gasteiger partial charge in [-0.3, -0.25) is 0 Å². The van der Waals surface area contributed by atoms with E-state index in [1.165, 1.54) is 32.1 Å². The van der Waals surface area contributed by atoms with E-state index >= 15 is 0 Å². The summed E-state index contributed by atoms with van der Waals surface area (Å²) in [7, 11) is 0.00159. The lowest BCUT2D eigenvalue weighted by Gasteiger charge is -2.21. The minimum atomic E-state index is -1.55. The van der Waals surface area contributed by atoms with Crippen molar-refractivity contribution < 1.29 is 19.5 Å². The molecule has 2 N–H and O–H groups in total. The number of ether oxygens (including phenoxy) is 2. The topological polar surface area (TPSA) is 58.9 Å². The van der Waals surface area contributed by atoms with Crippen LogP contribution in [0.1, 0.15) is 38.5 Å². The van der Waals surface area contributed by atoms with Crippen LogP contribution in [0.4, 0.5) is 0 Å². The van der Waals surface area contributed by atoms with Gasteiger partial charge in [0.25, 0.3) is 0 Å². The van der Waals surface area contributed by atoms with Crippen LogP contribution in [0.2, 0.25) is 0 Å². The Morgan fingerprint density at radius 2 is 1.95 bits per heavy atom. The van der Waals surface area contributed by atoms with Gasteiger partial charge in [-0.2, -0.15) is 0 Å². The van der Waals surface area contributed by atoms with Crippen LogP contribution in [0.15, 0.2) is 18.2 Å². The Labute approximate surface area is 120 Å². The predicted molar refractivity (Wildman–Crippen MR) is 79.5 cm³/mol. The molecule has 1 aliphatic rings. The first-order chi connectivity index (χ1) is 9.70. The van der Waals surface area contributed by atoms with Gasteiger partial charge in [0.05, 0.1) is 13.7 Å². The van der Waals surface area contributed by atoms with Gasteiger partial charge < -0.3 is 19.5 Å². The third-order valence-electron chi connectivity index (χ3n) is 4.00. The van der Waals surface area contributed by atoms with Crippen molar-refractivity contribution in [3.8, 4) is 11.5 Å². The molecular formula is C15H23BO4. The van der Waals surface area contributed by atoms with Crippen LogP contribution in [-0.2, 0) is 0 Å². The molecule has 2 rings (SSSR count). The van der Waals surface area contributed by atoms with Crippen molar-refractivity contribution in [2.75, 3.05) is 13.7 Å². The summed E-state index contributed by atoms with van der Waals surface area (Å²) in [6.45, 7) is 0.622. The van der Waals surface area contributed by atoms with Gasteiger partial charge >= 0.3 is 7.12 Å². The number of methoxy groups -OCH3 is 1. The zero-order valence-electron chi connectivity index (χ0n) is 12.0. The lowest BCUT2D eigenvalue weighted by atomic mass is 9.79. The molecular weight excluding hydrogens is 255 g/mol. The van der Waals surface area contributed by atoms with E-state index in [-0.39, 0.29) is 0 Å². The van der Waals surface area contributed by atoms with E-state index < -0.39 is 7.12 Å². The molecule has 0 atom stereocenters. The second-order valence-electron chi connectivity index (χ2n) is 5.42. The first-order valence-corrected chi connectivity index (χ1v) is 7.37.